The molecule has 4 nitrogen and oxygen atoms in total. The highest BCUT2D eigenvalue weighted by molar-refractivity contribution is 5.92. The fraction of sp³-hybridized carbons (Fsp3) is 0.0909. The predicted molar refractivity (Wildman–Crippen MR) is 98.7 cm³/mol. The molecule has 0 spiro atoms. The van der Waals surface area contributed by atoms with Gasteiger partial charge in [-0.2, -0.15) is 0 Å². The summed E-state index contributed by atoms with van der Waals surface area (Å²) in [5.74, 6) is 0.0241. The van der Waals surface area contributed by atoms with Crippen molar-refractivity contribution in [3.05, 3.63) is 95.1 Å². The van der Waals surface area contributed by atoms with E-state index in [0.29, 0.717) is 33.8 Å². The van der Waals surface area contributed by atoms with Gasteiger partial charge < -0.3 is 9.47 Å². The molecule has 3 aromatic rings. The second-order valence-corrected chi connectivity index (χ2v) is 5.89. The van der Waals surface area contributed by atoms with Crippen molar-refractivity contribution in [2.75, 3.05) is 0 Å². The number of carbonyl (C=O) groups is 2. The Morgan fingerprint density at radius 2 is 0.962 bits per heavy atom. The Bertz CT molecular complexity index is 852. The van der Waals surface area contributed by atoms with E-state index in [9.17, 15) is 9.59 Å². The summed E-state index contributed by atoms with van der Waals surface area (Å²) in [7, 11) is 0. The van der Waals surface area contributed by atoms with Gasteiger partial charge in [-0.05, 0) is 61.4 Å². The molecule has 3 rings (SSSR count). The van der Waals surface area contributed by atoms with Crippen LogP contribution in [0.15, 0.2) is 72.8 Å². The number of benzene rings is 3. The minimum atomic E-state index is -0.429. The molecule has 0 aliphatic rings. The fourth-order valence-corrected chi connectivity index (χ4v) is 2.45. The van der Waals surface area contributed by atoms with Crippen molar-refractivity contribution in [3.63, 3.8) is 0 Å². The smallest absolute Gasteiger partial charge is 0.343 e. The van der Waals surface area contributed by atoms with Gasteiger partial charge in [0.1, 0.15) is 11.5 Å². The van der Waals surface area contributed by atoms with Crippen molar-refractivity contribution in [2.45, 2.75) is 13.8 Å². The number of aryl methyl sites for hydroxylation is 2. The highest BCUT2D eigenvalue weighted by Crippen LogP contribution is 2.29. The summed E-state index contributed by atoms with van der Waals surface area (Å²) in [6.45, 7) is 3.60. The van der Waals surface area contributed by atoms with Crippen LogP contribution in [0.2, 0.25) is 0 Å². The summed E-state index contributed by atoms with van der Waals surface area (Å²) in [6, 6.07) is 21.0. The van der Waals surface area contributed by atoms with Gasteiger partial charge in [0.15, 0.2) is 0 Å². The second kappa shape index (κ2) is 7.66. The largest absolute Gasteiger partial charge is 0.423 e. The normalized spacial score (nSPS) is 10.2. The molecule has 0 aromatic heterocycles. The predicted octanol–water partition coefficient (Wildman–Crippen LogP) is 4.74. The molecule has 0 bridgehead atoms. The van der Waals surface area contributed by atoms with Gasteiger partial charge in [0.25, 0.3) is 0 Å². The SMILES string of the molecule is Cc1cc(OC(=O)c2ccccc2)c(C)cc1OC(=O)c1ccccc1. The lowest BCUT2D eigenvalue weighted by Crippen LogP contribution is -2.11. The van der Waals surface area contributed by atoms with Crippen molar-refractivity contribution >= 4 is 11.9 Å². The summed E-state index contributed by atoms with van der Waals surface area (Å²) in [5.41, 5.74) is 2.36. The molecule has 0 N–H and O–H groups in total. The maximum absolute atomic E-state index is 12.2. The molecule has 0 aliphatic heterocycles. The van der Waals surface area contributed by atoms with E-state index in [1.165, 1.54) is 0 Å². The first kappa shape index (κ1) is 17.4. The van der Waals surface area contributed by atoms with Gasteiger partial charge in [0.05, 0.1) is 11.1 Å². The Morgan fingerprint density at radius 3 is 1.31 bits per heavy atom. The van der Waals surface area contributed by atoms with E-state index < -0.39 is 11.9 Å². The number of hydrogen-bond donors (Lipinski definition) is 0. The molecular weight excluding hydrogens is 328 g/mol. The third-order valence-corrected chi connectivity index (χ3v) is 3.90. The fourth-order valence-electron chi connectivity index (χ4n) is 2.45. The molecule has 4 heteroatoms. The number of esters is 2. The number of rotatable bonds is 4. The second-order valence-electron chi connectivity index (χ2n) is 5.89. The van der Waals surface area contributed by atoms with E-state index in [4.69, 9.17) is 9.47 Å². The topological polar surface area (TPSA) is 52.6 Å². The average Bonchev–Trinajstić information content (AvgIpc) is 2.67. The third kappa shape index (κ3) is 3.98. The molecule has 0 amide bonds. The van der Waals surface area contributed by atoms with Gasteiger partial charge in [-0.1, -0.05) is 36.4 Å². The van der Waals surface area contributed by atoms with Crippen LogP contribution in [0.5, 0.6) is 11.5 Å². The lowest BCUT2D eigenvalue weighted by molar-refractivity contribution is 0.0717. The first-order valence-electron chi connectivity index (χ1n) is 8.20. The van der Waals surface area contributed by atoms with Gasteiger partial charge >= 0.3 is 11.9 Å². The lowest BCUT2D eigenvalue weighted by atomic mass is 10.1. The Kier molecular flexibility index (Phi) is 5.13. The molecule has 130 valence electrons. The van der Waals surface area contributed by atoms with Crippen LogP contribution in [0.1, 0.15) is 31.8 Å². The zero-order chi connectivity index (χ0) is 18.5. The van der Waals surface area contributed by atoms with Crippen molar-refractivity contribution in [1.82, 2.24) is 0 Å². The van der Waals surface area contributed by atoms with E-state index in [2.05, 4.69) is 0 Å². The molecule has 0 unspecified atom stereocenters. The maximum Gasteiger partial charge on any atom is 0.343 e. The number of carbonyl (C=O) groups excluding carboxylic acids is 2. The van der Waals surface area contributed by atoms with Gasteiger partial charge in [0.2, 0.25) is 0 Å². The van der Waals surface area contributed by atoms with Gasteiger partial charge in [0, 0.05) is 0 Å². The summed E-state index contributed by atoms with van der Waals surface area (Å²) >= 11 is 0. The van der Waals surface area contributed by atoms with Crippen LogP contribution in [0, 0.1) is 13.8 Å². The van der Waals surface area contributed by atoms with E-state index in [1.54, 1.807) is 74.5 Å². The molecule has 0 atom stereocenters. The first-order valence-corrected chi connectivity index (χ1v) is 8.20. The molecule has 0 aliphatic carbocycles. The summed E-state index contributed by atoms with van der Waals surface area (Å²) in [4.78, 5) is 24.4. The Balaban J connectivity index is 1.78. The Hall–Kier alpha value is -3.40. The van der Waals surface area contributed by atoms with Crippen LogP contribution in [0.25, 0.3) is 0 Å². The highest BCUT2D eigenvalue weighted by Gasteiger charge is 2.15. The molecule has 0 saturated heterocycles. The monoisotopic (exact) mass is 346 g/mol. The third-order valence-electron chi connectivity index (χ3n) is 3.90. The van der Waals surface area contributed by atoms with Crippen LogP contribution in [0.3, 0.4) is 0 Å². The van der Waals surface area contributed by atoms with Crippen LogP contribution in [-0.2, 0) is 0 Å². The van der Waals surface area contributed by atoms with E-state index in [1.807, 2.05) is 12.1 Å². The van der Waals surface area contributed by atoms with E-state index in [-0.39, 0.29) is 0 Å². The average molecular weight is 346 g/mol. The summed E-state index contributed by atoms with van der Waals surface area (Å²) in [5, 5.41) is 0. The van der Waals surface area contributed by atoms with E-state index in [0.717, 1.165) is 0 Å². The van der Waals surface area contributed by atoms with Gasteiger partial charge in [-0.3, -0.25) is 0 Å². The van der Waals surface area contributed by atoms with Crippen LogP contribution in [-0.4, -0.2) is 11.9 Å². The van der Waals surface area contributed by atoms with Crippen molar-refractivity contribution < 1.29 is 19.1 Å². The zero-order valence-electron chi connectivity index (χ0n) is 14.6. The van der Waals surface area contributed by atoms with Crippen molar-refractivity contribution in [2.24, 2.45) is 0 Å². The highest BCUT2D eigenvalue weighted by atomic mass is 16.5. The summed E-state index contributed by atoms with van der Waals surface area (Å²) < 4.78 is 11.0. The molecule has 3 aromatic carbocycles. The minimum absolute atomic E-state index is 0.429. The Morgan fingerprint density at radius 1 is 0.615 bits per heavy atom. The van der Waals surface area contributed by atoms with Crippen molar-refractivity contribution in [3.8, 4) is 11.5 Å². The molecule has 0 radical (unpaired) electrons. The lowest BCUT2D eigenvalue weighted by Gasteiger charge is -2.12. The standard InChI is InChI=1S/C22H18O4/c1-15-13-20(26-22(24)18-11-7-4-8-12-18)16(2)14-19(15)25-21(23)17-9-5-3-6-10-17/h3-14H,1-2H3. The Labute approximate surface area is 152 Å². The minimum Gasteiger partial charge on any atom is -0.423 e. The molecule has 26 heavy (non-hydrogen) atoms. The molecule has 0 fully saturated rings. The van der Waals surface area contributed by atoms with Gasteiger partial charge in [-0.25, -0.2) is 9.59 Å². The van der Waals surface area contributed by atoms with Crippen molar-refractivity contribution in [1.29, 1.82) is 0 Å². The van der Waals surface area contributed by atoms with Gasteiger partial charge in [-0.15, -0.1) is 0 Å². The number of hydrogen-bond acceptors (Lipinski definition) is 4. The van der Waals surface area contributed by atoms with E-state index >= 15 is 0 Å². The first-order chi connectivity index (χ1) is 12.5. The molecule has 0 saturated carbocycles. The van der Waals surface area contributed by atoms with Crippen LogP contribution >= 0.6 is 0 Å². The molecular formula is C22H18O4. The number of ether oxygens (including phenoxy) is 2. The van der Waals surface area contributed by atoms with Crippen LogP contribution in [0.4, 0.5) is 0 Å². The maximum atomic E-state index is 12.2. The quantitative estimate of drug-likeness (QED) is 0.506. The molecule has 0 heterocycles. The summed E-state index contributed by atoms with van der Waals surface area (Å²) in [6.07, 6.45) is 0. The zero-order valence-corrected chi connectivity index (χ0v) is 14.6. The van der Waals surface area contributed by atoms with Crippen LogP contribution < -0.4 is 9.47 Å².